The number of aromatic amines is 1. The van der Waals surface area contributed by atoms with Gasteiger partial charge in [-0.2, -0.15) is 0 Å². The van der Waals surface area contributed by atoms with Crippen molar-refractivity contribution in [2.45, 2.75) is 37.5 Å². The number of carbonyl (C=O) groups is 1. The maximum atomic E-state index is 14.4. The molecule has 0 bridgehead atoms. The molecule has 134 valence electrons. The molecule has 2 aromatic carbocycles. The molecule has 0 unspecified atom stereocenters. The van der Waals surface area contributed by atoms with Gasteiger partial charge in [-0.05, 0) is 37.0 Å². The van der Waals surface area contributed by atoms with Gasteiger partial charge in [0.25, 0.3) is 0 Å². The monoisotopic (exact) mass is 350 g/mol. The molecule has 1 heterocycles. The minimum atomic E-state index is -0.717. The summed E-state index contributed by atoms with van der Waals surface area (Å²) in [6, 6.07) is 14.9. The zero-order valence-corrected chi connectivity index (χ0v) is 14.7. The maximum absolute atomic E-state index is 14.4. The maximum Gasteiger partial charge on any atom is 0.230 e. The van der Waals surface area contributed by atoms with E-state index in [1.54, 1.807) is 12.1 Å². The average Bonchev–Trinajstić information content (AvgIpc) is 3.30. The molecule has 4 rings (SSSR count). The molecule has 1 aliphatic carbocycles. The second-order valence-corrected chi connectivity index (χ2v) is 7.13. The Balaban J connectivity index is 1.49. The van der Waals surface area contributed by atoms with Crippen LogP contribution in [-0.2, 0) is 16.6 Å². The Labute approximate surface area is 152 Å². The molecular weight excluding hydrogens is 327 g/mol. The summed E-state index contributed by atoms with van der Waals surface area (Å²) >= 11 is 0. The van der Waals surface area contributed by atoms with Crippen LogP contribution in [0.4, 0.5) is 4.39 Å². The molecule has 1 aromatic heterocycles. The van der Waals surface area contributed by atoms with Crippen LogP contribution in [0.2, 0.25) is 0 Å². The molecule has 3 nitrogen and oxygen atoms in total. The summed E-state index contributed by atoms with van der Waals surface area (Å²) in [5, 5.41) is 4.26. The second kappa shape index (κ2) is 6.94. The number of halogens is 1. The van der Waals surface area contributed by atoms with Crippen LogP contribution in [0.3, 0.4) is 0 Å². The number of nitrogens with one attached hydrogen (secondary N) is 2. The zero-order valence-electron chi connectivity index (χ0n) is 14.7. The lowest BCUT2D eigenvalue weighted by molar-refractivity contribution is -0.126. The number of rotatable bonds is 5. The van der Waals surface area contributed by atoms with Gasteiger partial charge in [-0.15, -0.1) is 0 Å². The highest BCUT2D eigenvalue weighted by molar-refractivity contribution is 5.89. The van der Waals surface area contributed by atoms with E-state index in [0.717, 1.165) is 24.8 Å². The molecule has 1 saturated carbocycles. The van der Waals surface area contributed by atoms with E-state index in [0.29, 0.717) is 24.9 Å². The van der Waals surface area contributed by atoms with Crippen molar-refractivity contribution in [1.29, 1.82) is 0 Å². The van der Waals surface area contributed by atoms with Crippen LogP contribution in [0.1, 0.15) is 36.8 Å². The van der Waals surface area contributed by atoms with Crippen LogP contribution >= 0.6 is 0 Å². The Bertz CT molecular complexity index is 925. The van der Waals surface area contributed by atoms with Gasteiger partial charge in [0.15, 0.2) is 0 Å². The lowest BCUT2D eigenvalue weighted by atomic mass is 9.77. The summed E-state index contributed by atoms with van der Waals surface area (Å²) in [4.78, 5) is 16.3. The van der Waals surface area contributed by atoms with Crippen molar-refractivity contribution in [1.82, 2.24) is 10.3 Å². The normalized spacial score (nSPS) is 16.0. The molecule has 1 fully saturated rings. The fraction of sp³-hybridized carbons (Fsp3) is 0.318. The number of hydrogen-bond acceptors (Lipinski definition) is 1. The molecule has 2 N–H and O–H groups in total. The summed E-state index contributed by atoms with van der Waals surface area (Å²) < 4.78 is 14.4. The van der Waals surface area contributed by atoms with Gasteiger partial charge in [-0.3, -0.25) is 4.79 Å². The predicted octanol–water partition coefficient (Wildman–Crippen LogP) is 4.48. The van der Waals surface area contributed by atoms with E-state index in [-0.39, 0.29) is 11.7 Å². The van der Waals surface area contributed by atoms with E-state index in [1.165, 1.54) is 17.0 Å². The lowest BCUT2D eigenvalue weighted by Crippen LogP contribution is -2.43. The topological polar surface area (TPSA) is 44.9 Å². The Hall–Kier alpha value is -2.62. The largest absolute Gasteiger partial charge is 0.361 e. The van der Waals surface area contributed by atoms with Crippen molar-refractivity contribution in [2.24, 2.45) is 0 Å². The SMILES string of the molecule is O=C(NCCc1c[nH]c2ccccc12)C1(c2ccccc2F)CCCC1. The van der Waals surface area contributed by atoms with Gasteiger partial charge in [0.05, 0.1) is 5.41 Å². The zero-order chi connectivity index (χ0) is 18.0. The van der Waals surface area contributed by atoms with Crippen LogP contribution in [0.25, 0.3) is 10.9 Å². The number of hydrogen-bond donors (Lipinski definition) is 2. The van der Waals surface area contributed by atoms with E-state index >= 15 is 0 Å². The molecule has 0 radical (unpaired) electrons. The summed E-state index contributed by atoms with van der Waals surface area (Å²) in [5.74, 6) is -0.318. The van der Waals surface area contributed by atoms with Gasteiger partial charge in [0.2, 0.25) is 5.91 Å². The quantitative estimate of drug-likeness (QED) is 0.700. The molecule has 0 aliphatic heterocycles. The van der Waals surface area contributed by atoms with Gasteiger partial charge < -0.3 is 10.3 Å². The highest BCUT2D eigenvalue weighted by Gasteiger charge is 2.44. The molecule has 0 saturated heterocycles. The first-order valence-corrected chi connectivity index (χ1v) is 9.29. The van der Waals surface area contributed by atoms with Crippen molar-refractivity contribution in [3.8, 4) is 0 Å². The van der Waals surface area contributed by atoms with Crippen LogP contribution < -0.4 is 5.32 Å². The van der Waals surface area contributed by atoms with Crippen molar-refractivity contribution in [2.75, 3.05) is 6.54 Å². The molecule has 4 heteroatoms. The molecule has 1 amide bonds. The number of para-hydroxylation sites is 1. The molecular formula is C22H23FN2O. The van der Waals surface area contributed by atoms with Crippen LogP contribution in [0.15, 0.2) is 54.7 Å². The summed E-state index contributed by atoms with van der Waals surface area (Å²) in [6.45, 7) is 0.552. The average molecular weight is 350 g/mol. The van der Waals surface area contributed by atoms with Crippen molar-refractivity contribution < 1.29 is 9.18 Å². The minimum Gasteiger partial charge on any atom is -0.361 e. The first-order chi connectivity index (χ1) is 12.7. The van der Waals surface area contributed by atoms with Gasteiger partial charge in [-0.1, -0.05) is 49.2 Å². The molecule has 1 aliphatic rings. The Morgan fingerprint density at radius 2 is 1.81 bits per heavy atom. The van der Waals surface area contributed by atoms with Crippen molar-refractivity contribution in [3.05, 3.63) is 71.7 Å². The second-order valence-electron chi connectivity index (χ2n) is 7.13. The summed E-state index contributed by atoms with van der Waals surface area (Å²) in [5.41, 5.74) is 2.12. The fourth-order valence-electron chi connectivity index (χ4n) is 4.26. The number of H-pyrrole nitrogens is 1. The number of aromatic nitrogens is 1. The van der Waals surface area contributed by atoms with Crippen LogP contribution in [0.5, 0.6) is 0 Å². The van der Waals surface area contributed by atoms with Gasteiger partial charge in [-0.25, -0.2) is 4.39 Å². The van der Waals surface area contributed by atoms with Gasteiger partial charge >= 0.3 is 0 Å². The summed E-state index contributed by atoms with van der Waals surface area (Å²) in [7, 11) is 0. The predicted molar refractivity (Wildman–Crippen MR) is 102 cm³/mol. The third kappa shape index (κ3) is 2.90. The van der Waals surface area contributed by atoms with E-state index in [1.807, 2.05) is 30.5 Å². The van der Waals surface area contributed by atoms with Gasteiger partial charge in [0.1, 0.15) is 5.82 Å². The standard InChI is InChI=1S/C22H23FN2O/c23-19-9-3-2-8-18(19)22(12-5-6-13-22)21(26)24-14-11-16-15-25-20-10-4-1-7-17(16)20/h1-4,7-10,15,25H,5-6,11-14H2,(H,24,26). The molecule has 0 atom stereocenters. The molecule has 26 heavy (non-hydrogen) atoms. The van der Waals surface area contributed by atoms with Crippen molar-refractivity contribution in [3.63, 3.8) is 0 Å². The van der Waals surface area contributed by atoms with Crippen LogP contribution in [0, 0.1) is 5.82 Å². The third-order valence-electron chi connectivity index (χ3n) is 5.64. The Kier molecular flexibility index (Phi) is 4.49. The smallest absolute Gasteiger partial charge is 0.230 e. The van der Waals surface area contributed by atoms with E-state index < -0.39 is 5.41 Å². The fourth-order valence-corrected chi connectivity index (χ4v) is 4.26. The Morgan fingerprint density at radius 1 is 1.08 bits per heavy atom. The highest BCUT2D eigenvalue weighted by atomic mass is 19.1. The number of fused-ring (bicyclic) bond motifs is 1. The van der Waals surface area contributed by atoms with Crippen LogP contribution in [-0.4, -0.2) is 17.4 Å². The minimum absolute atomic E-state index is 0.0417. The number of carbonyl (C=O) groups excluding carboxylic acids is 1. The van der Waals surface area contributed by atoms with Gasteiger partial charge in [0, 0.05) is 29.2 Å². The number of amides is 1. The van der Waals surface area contributed by atoms with E-state index in [4.69, 9.17) is 0 Å². The van der Waals surface area contributed by atoms with E-state index in [9.17, 15) is 9.18 Å². The Morgan fingerprint density at radius 3 is 2.62 bits per heavy atom. The summed E-state index contributed by atoms with van der Waals surface area (Å²) in [6.07, 6.45) is 6.11. The first-order valence-electron chi connectivity index (χ1n) is 9.29. The first kappa shape index (κ1) is 16.8. The molecule has 0 spiro atoms. The lowest BCUT2D eigenvalue weighted by Gasteiger charge is -2.28. The highest BCUT2D eigenvalue weighted by Crippen LogP contribution is 2.42. The molecule has 3 aromatic rings. The van der Waals surface area contributed by atoms with E-state index in [2.05, 4.69) is 16.4 Å². The third-order valence-corrected chi connectivity index (χ3v) is 5.64. The number of benzene rings is 2. The van der Waals surface area contributed by atoms with Crippen molar-refractivity contribution >= 4 is 16.8 Å².